The Morgan fingerprint density at radius 2 is 2.07 bits per heavy atom. The summed E-state index contributed by atoms with van der Waals surface area (Å²) in [5.74, 6) is 0. The smallest absolute Gasteiger partial charge is 0.271 e. The van der Waals surface area contributed by atoms with Crippen LogP contribution in [0.5, 0.6) is 0 Å². The maximum Gasteiger partial charge on any atom is 0.271 e. The molecule has 0 aliphatic heterocycles. The Balaban J connectivity index is 2.87. The Kier molecular flexibility index (Phi) is 2.26. The number of nitrogens with one attached hydrogen (secondary N) is 1. The average molecular weight is 203 g/mol. The predicted molar refractivity (Wildman–Crippen MR) is 59.0 cm³/mol. The van der Waals surface area contributed by atoms with Gasteiger partial charge in [-0.2, -0.15) is 0 Å². The summed E-state index contributed by atoms with van der Waals surface area (Å²) in [6.45, 7) is 5.79. The number of pyridine rings is 1. The van der Waals surface area contributed by atoms with E-state index in [0.717, 1.165) is 16.8 Å². The van der Waals surface area contributed by atoms with E-state index in [1.165, 1.54) is 0 Å². The summed E-state index contributed by atoms with van der Waals surface area (Å²) < 4.78 is 0. The molecule has 0 fully saturated rings. The summed E-state index contributed by atoms with van der Waals surface area (Å²) >= 11 is 0. The standard InChI is InChI=1S/C11H13N3O/c1-4-8-11(15)14-10-9(13-8)6(2)5-7(3)12-10/h5H,4H2,1-3H3,(H,12,14,15). The van der Waals surface area contributed by atoms with Crippen molar-refractivity contribution in [2.75, 3.05) is 0 Å². The van der Waals surface area contributed by atoms with Gasteiger partial charge in [0, 0.05) is 5.69 Å². The van der Waals surface area contributed by atoms with Crippen LogP contribution >= 0.6 is 0 Å². The summed E-state index contributed by atoms with van der Waals surface area (Å²) in [7, 11) is 0. The molecule has 15 heavy (non-hydrogen) atoms. The van der Waals surface area contributed by atoms with Crippen molar-refractivity contribution in [2.24, 2.45) is 0 Å². The van der Waals surface area contributed by atoms with Gasteiger partial charge in [0.25, 0.3) is 5.56 Å². The Bertz CT molecular complexity index is 572. The van der Waals surface area contributed by atoms with E-state index in [0.29, 0.717) is 17.8 Å². The molecule has 0 spiro atoms. The quantitative estimate of drug-likeness (QED) is 0.764. The minimum absolute atomic E-state index is 0.137. The van der Waals surface area contributed by atoms with E-state index in [4.69, 9.17) is 0 Å². The van der Waals surface area contributed by atoms with Crippen LogP contribution < -0.4 is 5.56 Å². The molecule has 2 aromatic rings. The van der Waals surface area contributed by atoms with E-state index in [9.17, 15) is 4.79 Å². The van der Waals surface area contributed by atoms with Gasteiger partial charge >= 0.3 is 0 Å². The molecule has 0 aromatic carbocycles. The van der Waals surface area contributed by atoms with Gasteiger partial charge in [0.2, 0.25) is 0 Å². The highest BCUT2D eigenvalue weighted by Gasteiger charge is 2.06. The second-order valence-corrected chi connectivity index (χ2v) is 3.64. The largest absolute Gasteiger partial charge is 0.304 e. The molecule has 0 saturated carbocycles. The highest BCUT2D eigenvalue weighted by molar-refractivity contribution is 5.73. The third-order valence-corrected chi connectivity index (χ3v) is 2.39. The number of aromatic amines is 1. The number of nitrogens with zero attached hydrogens (tertiary/aromatic N) is 2. The number of hydrogen-bond acceptors (Lipinski definition) is 3. The van der Waals surface area contributed by atoms with Crippen LogP contribution in [0.25, 0.3) is 11.2 Å². The molecule has 78 valence electrons. The maximum atomic E-state index is 11.5. The minimum Gasteiger partial charge on any atom is -0.304 e. The number of H-pyrrole nitrogens is 1. The molecule has 4 heteroatoms. The van der Waals surface area contributed by atoms with E-state index in [2.05, 4.69) is 15.0 Å². The molecular weight excluding hydrogens is 190 g/mol. The lowest BCUT2D eigenvalue weighted by molar-refractivity contribution is 0.981. The van der Waals surface area contributed by atoms with Crippen molar-refractivity contribution in [3.63, 3.8) is 0 Å². The van der Waals surface area contributed by atoms with Crippen molar-refractivity contribution >= 4 is 11.2 Å². The van der Waals surface area contributed by atoms with Crippen molar-refractivity contribution in [1.29, 1.82) is 0 Å². The van der Waals surface area contributed by atoms with Gasteiger partial charge in [-0.3, -0.25) is 4.79 Å². The zero-order valence-corrected chi connectivity index (χ0v) is 9.09. The Morgan fingerprint density at radius 1 is 1.33 bits per heavy atom. The van der Waals surface area contributed by atoms with Crippen LogP contribution in [-0.4, -0.2) is 15.0 Å². The minimum atomic E-state index is -0.137. The number of fused-ring (bicyclic) bond motifs is 1. The Labute approximate surface area is 87.4 Å². The lowest BCUT2D eigenvalue weighted by atomic mass is 10.2. The highest BCUT2D eigenvalue weighted by atomic mass is 16.1. The second kappa shape index (κ2) is 3.46. The summed E-state index contributed by atoms with van der Waals surface area (Å²) in [6.07, 6.45) is 0.637. The van der Waals surface area contributed by atoms with Crippen LogP contribution in [0, 0.1) is 13.8 Å². The number of rotatable bonds is 1. The van der Waals surface area contributed by atoms with Crippen LogP contribution in [0.15, 0.2) is 10.9 Å². The van der Waals surface area contributed by atoms with Crippen LogP contribution in [0.4, 0.5) is 0 Å². The molecule has 0 saturated heterocycles. The van der Waals surface area contributed by atoms with Crippen molar-refractivity contribution in [2.45, 2.75) is 27.2 Å². The van der Waals surface area contributed by atoms with Crippen molar-refractivity contribution in [1.82, 2.24) is 15.0 Å². The first kappa shape index (κ1) is 9.83. The summed E-state index contributed by atoms with van der Waals surface area (Å²) in [6, 6.07) is 1.97. The first-order valence-electron chi connectivity index (χ1n) is 4.99. The molecule has 0 aliphatic rings. The fourth-order valence-electron chi connectivity index (χ4n) is 1.66. The number of hydrogen-bond donors (Lipinski definition) is 1. The van der Waals surface area contributed by atoms with Crippen LogP contribution in [-0.2, 0) is 6.42 Å². The predicted octanol–water partition coefficient (Wildman–Crippen LogP) is 1.50. The van der Waals surface area contributed by atoms with Gasteiger partial charge in [0.05, 0.1) is 0 Å². The third kappa shape index (κ3) is 1.63. The van der Waals surface area contributed by atoms with Gasteiger partial charge in [0.1, 0.15) is 11.2 Å². The lowest BCUT2D eigenvalue weighted by Crippen LogP contribution is -2.15. The molecular formula is C11H13N3O. The summed E-state index contributed by atoms with van der Waals surface area (Å²) in [5.41, 5.74) is 3.73. The normalized spacial score (nSPS) is 10.9. The zero-order chi connectivity index (χ0) is 11.0. The van der Waals surface area contributed by atoms with E-state index >= 15 is 0 Å². The Hall–Kier alpha value is -1.71. The van der Waals surface area contributed by atoms with E-state index in [1.54, 1.807) is 0 Å². The third-order valence-electron chi connectivity index (χ3n) is 2.39. The lowest BCUT2D eigenvalue weighted by Gasteiger charge is -2.03. The molecule has 0 amide bonds. The highest BCUT2D eigenvalue weighted by Crippen LogP contribution is 2.12. The topological polar surface area (TPSA) is 58.6 Å². The molecule has 1 N–H and O–H groups in total. The van der Waals surface area contributed by atoms with Crippen LogP contribution in [0.2, 0.25) is 0 Å². The first-order chi connectivity index (χ1) is 7.11. The van der Waals surface area contributed by atoms with Gasteiger partial charge in [-0.25, -0.2) is 9.97 Å². The Morgan fingerprint density at radius 3 is 2.73 bits per heavy atom. The van der Waals surface area contributed by atoms with Gasteiger partial charge in [-0.05, 0) is 31.9 Å². The molecule has 2 aromatic heterocycles. The van der Waals surface area contributed by atoms with Crippen molar-refractivity contribution in [3.05, 3.63) is 33.4 Å². The fourth-order valence-corrected chi connectivity index (χ4v) is 1.66. The number of aryl methyl sites for hydroxylation is 3. The van der Waals surface area contributed by atoms with E-state index < -0.39 is 0 Å². The molecule has 0 atom stereocenters. The molecule has 0 radical (unpaired) electrons. The number of aromatic nitrogens is 3. The van der Waals surface area contributed by atoms with E-state index in [-0.39, 0.29) is 5.56 Å². The molecule has 0 aliphatic carbocycles. The second-order valence-electron chi connectivity index (χ2n) is 3.64. The molecule has 2 heterocycles. The fraction of sp³-hybridized carbons (Fsp3) is 0.364. The molecule has 0 bridgehead atoms. The van der Waals surface area contributed by atoms with Gasteiger partial charge in [-0.15, -0.1) is 0 Å². The molecule has 4 nitrogen and oxygen atoms in total. The maximum absolute atomic E-state index is 11.5. The first-order valence-corrected chi connectivity index (χ1v) is 4.99. The van der Waals surface area contributed by atoms with Crippen molar-refractivity contribution < 1.29 is 0 Å². The van der Waals surface area contributed by atoms with Crippen LogP contribution in [0.3, 0.4) is 0 Å². The summed E-state index contributed by atoms with van der Waals surface area (Å²) in [5, 5.41) is 0. The van der Waals surface area contributed by atoms with Crippen molar-refractivity contribution in [3.8, 4) is 0 Å². The van der Waals surface area contributed by atoms with Gasteiger partial charge in [-0.1, -0.05) is 6.92 Å². The van der Waals surface area contributed by atoms with Crippen LogP contribution in [0.1, 0.15) is 23.9 Å². The van der Waals surface area contributed by atoms with Gasteiger partial charge in [0.15, 0.2) is 5.65 Å². The molecule has 2 rings (SSSR count). The monoisotopic (exact) mass is 203 g/mol. The van der Waals surface area contributed by atoms with E-state index in [1.807, 2.05) is 26.8 Å². The molecule has 0 unspecified atom stereocenters. The zero-order valence-electron chi connectivity index (χ0n) is 9.09. The van der Waals surface area contributed by atoms with Gasteiger partial charge < -0.3 is 4.98 Å². The summed E-state index contributed by atoms with van der Waals surface area (Å²) in [4.78, 5) is 22.9. The average Bonchev–Trinajstić information content (AvgIpc) is 2.16. The SMILES string of the molecule is CCc1nc2c(C)cc(C)nc2[nH]c1=O.